The Bertz CT molecular complexity index is 613. The van der Waals surface area contributed by atoms with E-state index in [1.54, 1.807) is 12.3 Å². The lowest BCUT2D eigenvalue weighted by Crippen LogP contribution is -2.30. The molecule has 5 heteroatoms. The summed E-state index contributed by atoms with van der Waals surface area (Å²) in [6.45, 7) is 3.96. The van der Waals surface area contributed by atoms with Gasteiger partial charge in [-0.25, -0.2) is 4.98 Å². The third kappa shape index (κ3) is 3.07. The lowest BCUT2D eigenvalue weighted by Gasteiger charge is -2.27. The van der Waals surface area contributed by atoms with E-state index in [-0.39, 0.29) is 5.91 Å². The van der Waals surface area contributed by atoms with Crippen LogP contribution < -0.4 is 10.2 Å². The number of hydrogen-bond donors (Lipinski definition) is 1. The van der Waals surface area contributed by atoms with Crippen molar-refractivity contribution in [3.05, 3.63) is 42.0 Å². The van der Waals surface area contributed by atoms with E-state index in [4.69, 9.17) is 4.42 Å². The number of pyridine rings is 1. The van der Waals surface area contributed by atoms with Crippen LogP contribution in [0.3, 0.4) is 0 Å². The number of nitrogens with zero attached hydrogens (tertiary/aromatic N) is 2. The van der Waals surface area contributed by atoms with Crippen molar-refractivity contribution in [2.75, 3.05) is 23.3 Å². The minimum atomic E-state index is -0.245. The molecule has 1 N–H and O–H groups in total. The highest BCUT2D eigenvalue weighted by Crippen LogP contribution is 2.19. The van der Waals surface area contributed by atoms with E-state index >= 15 is 0 Å². The highest BCUT2D eigenvalue weighted by molar-refractivity contribution is 6.03. The second kappa shape index (κ2) is 5.99. The van der Waals surface area contributed by atoms with Gasteiger partial charge in [-0.15, -0.1) is 0 Å². The summed E-state index contributed by atoms with van der Waals surface area (Å²) < 4.78 is 5.18. The minimum absolute atomic E-state index is 0.245. The first-order valence-corrected chi connectivity index (χ1v) is 7.30. The van der Waals surface area contributed by atoms with E-state index in [1.165, 1.54) is 25.5 Å². The lowest BCUT2D eigenvalue weighted by molar-refractivity contribution is 0.0996. The summed E-state index contributed by atoms with van der Waals surface area (Å²) in [5.41, 5.74) is 1.50. The molecule has 0 atom stereocenters. The molecule has 0 bridgehead atoms. The molecule has 0 saturated carbocycles. The molecular formula is C16H19N3O2. The van der Waals surface area contributed by atoms with Crippen molar-refractivity contribution in [2.45, 2.75) is 26.2 Å². The Hall–Kier alpha value is -2.30. The topological polar surface area (TPSA) is 58.4 Å². The molecule has 1 saturated heterocycles. The van der Waals surface area contributed by atoms with Gasteiger partial charge in [-0.1, -0.05) is 0 Å². The average molecular weight is 285 g/mol. The van der Waals surface area contributed by atoms with Crippen molar-refractivity contribution >= 4 is 17.4 Å². The Kier molecular flexibility index (Phi) is 3.90. The minimum Gasteiger partial charge on any atom is -0.459 e. The number of carbonyl (C=O) groups is 1. The normalized spacial score (nSPS) is 15.0. The van der Waals surface area contributed by atoms with E-state index in [1.807, 2.05) is 19.1 Å². The highest BCUT2D eigenvalue weighted by atomic mass is 16.3. The summed E-state index contributed by atoms with van der Waals surface area (Å²) >= 11 is 0. The quantitative estimate of drug-likeness (QED) is 0.940. The third-order valence-electron chi connectivity index (χ3n) is 3.75. The Morgan fingerprint density at radius 2 is 2.05 bits per heavy atom. The Morgan fingerprint density at radius 3 is 2.67 bits per heavy atom. The van der Waals surface area contributed by atoms with Crippen LogP contribution in [0.15, 0.2) is 35.1 Å². The second-order valence-electron chi connectivity index (χ2n) is 5.34. The SMILES string of the molecule is Cc1ccoc1C(=O)Nc1ccc(N2CCCCC2)nc1. The van der Waals surface area contributed by atoms with Crippen LogP contribution in [0.4, 0.5) is 11.5 Å². The molecule has 0 spiro atoms. The molecule has 1 aliphatic rings. The first-order valence-electron chi connectivity index (χ1n) is 7.30. The fraction of sp³-hybridized carbons (Fsp3) is 0.375. The first-order chi connectivity index (χ1) is 10.2. The molecular weight excluding hydrogens is 266 g/mol. The van der Waals surface area contributed by atoms with Gasteiger partial charge in [-0.05, 0) is 44.4 Å². The fourth-order valence-corrected chi connectivity index (χ4v) is 2.56. The maximum Gasteiger partial charge on any atom is 0.291 e. The van der Waals surface area contributed by atoms with Crippen molar-refractivity contribution < 1.29 is 9.21 Å². The van der Waals surface area contributed by atoms with Crippen molar-refractivity contribution in [1.29, 1.82) is 0 Å². The standard InChI is InChI=1S/C16H19N3O2/c1-12-7-10-21-15(12)16(20)18-13-5-6-14(17-11-13)19-8-3-2-4-9-19/h5-7,10-11H,2-4,8-9H2,1H3,(H,18,20). The molecule has 2 aromatic heterocycles. The van der Waals surface area contributed by atoms with Gasteiger partial charge in [-0.3, -0.25) is 4.79 Å². The van der Waals surface area contributed by atoms with Gasteiger partial charge in [0.1, 0.15) is 5.82 Å². The molecule has 0 aliphatic carbocycles. The van der Waals surface area contributed by atoms with Gasteiger partial charge >= 0.3 is 0 Å². The summed E-state index contributed by atoms with van der Waals surface area (Å²) in [6, 6.07) is 5.61. The fourth-order valence-electron chi connectivity index (χ4n) is 2.56. The number of furan rings is 1. The molecule has 1 amide bonds. The van der Waals surface area contributed by atoms with Crippen molar-refractivity contribution in [3.63, 3.8) is 0 Å². The van der Waals surface area contributed by atoms with E-state index in [0.29, 0.717) is 11.4 Å². The van der Waals surface area contributed by atoms with Gasteiger partial charge < -0.3 is 14.6 Å². The molecule has 1 fully saturated rings. The molecule has 0 unspecified atom stereocenters. The number of aromatic nitrogens is 1. The first kappa shape index (κ1) is 13.7. The maximum atomic E-state index is 12.0. The highest BCUT2D eigenvalue weighted by Gasteiger charge is 2.14. The third-order valence-corrected chi connectivity index (χ3v) is 3.75. The van der Waals surface area contributed by atoms with Crippen molar-refractivity contribution in [1.82, 2.24) is 4.98 Å². The maximum absolute atomic E-state index is 12.0. The second-order valence-corrected chi connectivity index (χ2v) is 5.34. The van der Waals surface area contributed by atoms with E-state index < -0.39 is 0 Å². The average Bonchev–Trinajstić information content (AvgIpc) is 2.95. The summed E-state index contributed by atoms with van der Waals surface area (Å²) in [7, 11) is 0. The molecule has 0 radical (unpaired) electrons. The number of hydrogen-bond acceptors (Lipinski definition) is 4. The van der Waals surface area contributed by atoms with Crippen LogP contribution in [0, 0.1) is 6.92 Å². The Balaban J connectivity index is 1.67. The van der Waals surface area contributed by atoms with E-state index in [9.17, 15) is 4.79 Å². The number of carbonyl (C=O) groups excluding carboxylic acids is 1. The number of amides is 1. The smallest absolute Gasteiger partial charge is 0.291 e. The summed E-state index contributed by atoms with van der Waals surface area (Å²) in [6.07, 6.45) is 6.95. The summed E-state index contributed by atoms with van der Waals surface area (Å²) in [4.78, 5) is 18.8. The van der Waals surface area contributed by atoms with E-state index in [2.05, 4.69) is 15.2 Å². The van der Waals surface area contributed by atoms with Gasteiger partial charge in [0, 0.05) is 18.7 Å². The van der Waals surface area contributed by atoms with Gasteiger partial charge in [0.25, 0.3) is 5.91 Å². The van der Waals surface area contributed by atoms with Gasteiger partial charge in [0.15, 0.2) is 5.76 Å². The Labute approximate surface area is 124 Å². The molecule has 1 aliphatic heterocycles. The van der Waals surface area contributed by atoms with Crippen LogP contribution in [-0.4, -0.2) is 24.0 Å². The van der Waals surface area contributed by atoms with Crippen LogP contribution >= 0.6 is 0 Å². The molecule has 2 aromatic rings. The van der Waals surface area contributed by atoms with Crippen LogP contribution in [-0.2, 0) is 0 Å². The predicted molar refractivity (Wildman–Crippen MR) is 81.7 cm³/mol. The largest absolute Gasteiger partial charge is 0.459 e. The van der Waals surface area contributed by atoms with Crippen molar-refractivity contribution in [2.24, 2.45) is 0 Å². The zero-order valence-corrected chi connectivity index (χ0v) is 12.1. The molecule has 3 heterocycles. The van der Waals surface area contributed by atoms with Gasteiger partial charge in [0.2, 0.25) is 0 Å². The molecule has 3 rings (SSSR count). The predicted octanol–water partition coefficient (Wildman–Crippen LogP) is 3.23. The molecule has 0 aromatic carbocycles. The zero-order chi connectivity index (χ0) is 14.7. The van der Waals surface area contributed by atoms with Crippen LogP contribution in [0.25, 0.3) is 0 Å². The number of aryl methyl sites for hydroxylation is 1. The van der Waals surface area contributed by atoms with Crippen LogP contribution in [0.2, 0.25) is 0 Å². The van der Waals surface area contributed by atoms with Gasteiger partial charge in [-0.2, -0.15) is 0 Å². The monoisotopic (exact) mass is 285 g/mol. The van der Waals surface area contributed by atoms with Gasteiger partial charge in [0.05, 0.1) is 18.1 Å². The zero-order valence-electron chi connectivity index (χ0n) is 12.1. The Morgan fingerprint density at radius 1 is 1.24 bits per heavy atom. The number of piperidine rings is 1. The molecule has 21 heavy (non-hydrogen) atoms. The summed E-state index contributed by atoms with van der Waals surface area (Å²) in [5.74, 6) is 1.07. The number of anilines is 2. The summed E-state index contributed by atoms with van der Waals surface area (Å²) in [5, 5.41) is 2.80. The van der Waals surface area contributed by atoms with Crippen LogP contribution in [0.1, 0.15) is 35.4 Å². The van der Waals surface area contributed by atoms with Crippen molar-refractivity contribution in [3.8, 4) is 0 Å². The number of rotatable bonds is 3. The number of nitrogens with one attached hydrogen (secondary N) is 1. The molecule has 110 valence electrons. The van der Waals surface area contributed by atoms with Crippen LogP contribution in [0.5, 0.6) is 0 Å². The molecule has 5 nitrogen and oxygen atoms in total. The van der Waals surface area contributed by atoms with E-state index in [0.717, 1.165) is 24.5 Å². The lowest BCUT2D eigenvalue weighted by atomic mass is 10.1.